The van der Waals surface area contributed by atoms with Crippen LogP contribution >= 0.6 is 0 Å². The molecule has 1 aliphatic carbocycles. The van der Waals surface area contributed by atoms with E-state index in [1.807, 2.05) is 0 Å². The van der Waals surface area contributed by atoms with Gasteiger partial charge >= 0.3 is 6.09 Å². The first-order chi connectivity index (χ1) is 18.7. The fourth-order valence-corrected chi connectivity index (χ4v) is 5.62. The van der Waals surface area contributed by atoms with Crippen molar-refractivity contribution < 1.29 is 38.7 Å². The third kappa shape index (κ3) is 7.94. The van der Waals surface area contributed by atoms with Crippen LogP contribution in [0.15, 0.2) is 35.9 Å². The SMILES string of the molecule is CO.CO[C@H]1C(C2(C)O[C@@H]2CC=C(C)C)[C@]2(CC[C@H]1OC(=O)NCCNC(=O)CCc1ccc(O)cc1)CO2. The summed E-state index contributed by atoms with van der Waals surface area (Å²) < 4.78 is 23.8. The summed E-state index contributed by atoms with van der Waals surface area (Å²) in [5.74, 6) is 0.0683. The Morgan fingerprint density at radius 3 is 2.44 bits per heavy atom. The van der Waals surface area contributed by atoms with Crippen LogP contribution in [0, 0.1) is 5.92 Å². The number of aromatic hydroxyl groups is 1. The number of allylic oxidation sites excluding steroid dienone is 1. The summed E-state index contributed by atoms with van der Waals surface area (Å²) in [4.78, 5) is 24.6. The highest BCUT2D eigenvalue weighted by atomic mass is 16.6. The van der Waals surface area contributed by atoms with E-state index in [0.29, 0.717) is 32.4 Å². The predicted octanol–water partition coefficient (Wildman–Crippen LogP) is 2.85. The Morgan fingerprint density at radius 2 is 1.82 bits per heavy atom. The number of rotatable bonds is 11. The quantitative estimate of drug-likeness (QED) is 0.188. The number of alkyl carbamates (subject to hydrolysis) is 1. The maximum absolute atomic E-state index is 12.6. The van der Waals surface area contributed by atoms with Crippen molar-refractivity contribution in [2.24, 2.45) is 5.92 Å². The van der Waals surface area contributed by atoms with E-state index in [-0.39, 0.29) is 47.5 Å². The number of aliphatic hydroxyl groups excluding tert-OH is 1. The number of phenolic OH excluding ortho intramolecular Hbond substituents is 1. The number of carbonyl (C=O) groups excluding carboxylic acids is 2. The first-order valence-electron chi connectivity index (χ1n) is 13.6. The number of aliphatic hydroxyl groups is 1. The molecule has 0 radical (unpaired) electrons. The van der Waals surface area contributed by atoms with Crippen LogP contribution in [0.25, 0.3) is 0 Å². The van der Waals surface area contributed by atoms with E-state index < -0.39 is 12.2 Å². The van der Waals surface area contributed by atoms with Crippen molar-refractivity contribution in [2.75, 3.05) is 33.9 Å². The standard InChI is InChI=1S/C28H40N2O7.CH4O/c1-18(2)5-11-22-27(3,37-22)25-24(34-4)21(13-14-28(25)17-35-28)36-26(33)30-16-15-29-23(32)12-8-19-6-9-20(31)10-7-19;1-2/h5-7,9-10,21-22,24-25,31H,8,11-17H2,1-4H3,(H,29,32)(H,30,33);2H,1H3/t21-,22-,24-,25?,27?,28+;/m1./s1. The number of ether oxygens (including phenoxy) is 4. The van der Waals surface area contributed by atoms with Gasteiger partial charge in [0.15, 0.2) is 0 Å². The van der Waals surface area contributed by atoms with Crippen LogP contribution in [-0.4, -0.2) is 85.6 Å². The van der Waals surface area contributed by atoms with E-state index in [1.54, 1.807) is 31.4 Å². The first-order valence-corrected chi connectivity index (χ1v) is 13.6. The summed E-state index contributed by atoms with van der Waals surface area (Å²) in [7, 11) is 2.65. The van der Waals surface area contributed by atoms with Crippen LogP contribution in [-0.2, 0) is 30.2 Å². The van der Waals surface area contributed by atoms with E-state index in [9.17, 15) is 14.7 Å². The lowest BCUT2D eigenvalue weighted by Gasteiger charge is -2.42. The molecule has 2 amide bonds. The highest BCUT2D eigenvalue weighted by Crippen LogP contribution is 2.59. The molecule has 1 aromatic carbocycles. The second-order valence-electron chi connectivity index (χ2n) is 10.8. The summed E-state index contributed by atoms with van der Waals surface area (Å²) >= 11 is 0. The monoisotopic (exact) mass is 548 g/mol. The molecule has 2 unspecified atom stereocenters. The lowest BCUT2D eigenvalue weighted by atomic mass is 9.68. The Bertz CT molecular complexity index is 990. The number of epoxide rings is 2. The normalized spacial score (nSPS) is 30.4. The molecule has 2 heterocycles. The minimum atomic E-state index is -0.528. The number of hydrogen-bond acceptors (Lipinski definition) is 8. The highest BCUT2D eigenvalue weighted by Gasteiger charge is 2.72. The minimum Gasteiger partial charge on any atom is -0.508 e. The molecule has 218 valence electrons. The molecule has 4 rings (SSSR count). The Labute approximate surface area is 231 Å². The number of phenols is 1. The maximum Gasteiger partial charge on any atom is 0.407 e. The summed E-state index contributed by atoms with van der Waals surface area (Å²) in [6.07, 6.45) is 4.21. The van der Waals surface area contributed by atoms with Crippen LogP contribution in [0.4, 0.5) is 4.79 Å². The van der Waals surface area contributed by atoms with Crippen molar-refractivity contribution in [3.05, 3.63) is 41.5 Å². The number of methoxy groups -OCH3 is 1. The van der Waals surface area contributed by atoms with Gasteiger partial charge in [0.1, 0.15) is 29.2 Å². The molecule has 2 saturated heterocycles. The Morgan fingerprint density at radius 1 is 1.15 bits per heavy atom. The van der Waals surface area contributed by atoms with Crippen molar-refractivity contribution in [3.8, 4) is 5.75 Å². The van der Waals surface area contributed by atoms with Gasteiger partial charge in [-0.25, -0.2) is 4.79 Å². The summed E-state index contributed by atoms with van der Waals surface area (Å²) in [6.45, 7) is 7.52. The molecule has 1 aromatic rings. The number of hydrogen-bond donors (Lipinski definition) is 4. The number of amides is 2. The molecule has 0 bridgehead atoms. The number of nitrogens with one attached hydrogen (secondary N) is 2. The van der Waals surface area contributed by atoms with Gasteiger partial charge in [-0.15, -0.1) is 0 Å². The van der Waals surface area contributed by atoms with Crippen molar-refractivity contribution in [2.45, 2.75) is 82.4 Å². The van der Waals surface area contributed by atoms with E-state index in [4.69, 9.17) is 24.1 Å². The third-order valence-electron chi connectivity index (χ3n) is 7.79. The van der Waals surface area contributed by atoms with Crippen LogP contribution in [0.5, 0.6) is 5.75 Å². The van der Waals surface area contributed by atoms with Gasteiger partial charge in [0.25, 0.3) is 0 Å². The molecule has 10 heteroatoms. The zero-order valence-electron chi connectivity index (χ0n) is 23.7. The smallest absolute Gasteiger partial charge is 0.407 e. The molecule has 0 aromatic heterocycles. The molecule has 10 nitrogen and oxygen atoms in total. The molecular weight excluding hydrogens is 504 g/mol. The minimum absolute atomic E-state index is 0.0278. The van der Waals surface area contributed by atoms with Crippen molar-refractivity contribution in [1.29, 1.82) is 0 Å². The van der Waals surface area contributed by atoms with Gasteiger partial charge in [0, 0.05) is 33.7 Å². The van der Waals surface area contributed by atoms with Gasteiger partial charge in [-0.05, 0) is 64.2 Å². The fourth-order valence-electron chi connectivity index (χ4n) is 5.62. The van der Waals surface area contributed by atoms with E-state index in [0.717, 1.165) is 25.5 Å². The lowest BCUT2D eigenvalue weighted by molar-refractivity contribution is -0.121. The summed E-state index contributed by atoms with van der Waals surface area (Å²) in [6, 6.07) is 6.78. The zero-order chi connectivity index (χ0) is 28.6. The van der Waals surface area contributed by atoms with Crippen molar-refractivity contribution in [1.82, 2.24) is 10.6 Å². The van der Waals surface area contributed by atoms with E-state index >= 15 is 0 Å². The average molecular weight is 549 g/mol. The summed E-state index contributed by atoms with van der Waals surface area (Å²) in [5.41, 5.74) is 1.58. The van der Waals surface area contributed by atoms with E-state index in [1.165, 1.54) is 5.57 Å². The first kappa shape index (κ1) is 30.9. The van der Waals surface area contributed by atoms with Gasteiger partial charge < -0.3 is 39.8 Å². The lowest BCUT2D eigenvalue weighted by Crippen LogP contribution is -2.56. The van der Waals surface area contributed by atoms with Crippen LogP contribution < -0.4 is 10.6 Å². The van der Waals surface area contributed by atoms with Gasteiger partial charge in [0.05, 0.1) is 18.6 Å². The van der Waals surface area contributed by atoms with Crippen molar-refractivity contribution in [3.63, 3.8) is 0 Å². The molecule has 1 saturated carbocycles. The van der Waals surface area contributed by atoms with Crippen LogP contribution in [0.1, 0.15) is 52.0 Å². The van der Waals surface area contributed by atoms with Crippen LogP contribution in [0.3, 0.4) is 0 Å². The highest BCUT2D eigenvalue weighted by molar-refractivity contribution is 5.76. The van der Waals surface area contributed by atoms with Gasteiger partial charge in [0.2, 0.25) is 5.91 Å². The van der Waals surface area contributed by atoms with Crippen LogP contribution in [0.2, 0.25) is 0 Å². The van der Waals surface area contributed by atoms with E-state index in [2.05, 4.69) is 37.5 Å². The second kappa shape index (κ2) is 13.6. The second-order valence-corrected chi connectivity index (χ2v) is 10.8. The number of aryl methyl sites for hydroxylation is 1. The predicted molar refractivity (Wildman–Crippen MR) is 145 cm³/mol. The molecule has 3 fully saturated rings. The Hall–Kier alpha value is -2.66. The topological polar surface area (TPSA) is 142 Å². The zero-order valence-corrected chi connectivity index (χ0v) is 23.7. The molecule has 4 N–H and O–H groups in total. The van der Waals surface area contributed by atoms with Gasteiger partial charge in [-0.3, -0.25) is 4.79 Å². The molecule has 1 spiro atoms. The molecule has 39 heavy (non-hydrogen) atoms. The van der Waals surface area contributed by atoms with Gasteiger partial charge in [-0.1, -0.05) is 23.8 Å². The average Bonchev–Trinajstić information content (AvgIpc) is 3.84. The summed E-state index contributed by atoms with van der Waals surface area (Å²) in [5, 5.41) is 21.9. The largest absolute Gasteiger partial charge is 0.508 e. The third-order valence-corrected chi connectivity index (χ3v) is 7.79. The van der Waals surface area contributed by atoms with Gasteiger partial charge in [-0.2, -0.15) is 0 Å². The fraction of sp³-hybridized carbons (Fsp3) is 0.655. The number of benzene rings is 1. The molecule has 2 aliphatic heterocycles. The molecular formula is C29H44N2O8. The maximum atomic E-state index is 12.6. The number of carbonyl (C=O) groups is 2. The Kier molecular flexibility index (Phi) is 10.8. The molecule has 3 aliphatic rings. The van der Waals surface area contributed by atoms with Crippen molar-refractivity contribution >= 4 is 12.0 Å². The Balaban J connectivity index is 0.00000205. The molecule has 6 atom stereocenters.